The minimum Gasteiger partial charge on any atom is -0.454 e. The van der Waals surface area contributed by atoms with Crippen molar-refractivity contribution in [3.8, 4) is 11.4 Å². The summed E-state index contributed by atoms with van der Waals surface area (Å²) >= 11 is 6.34. The summed E-state index contributed by atoms with van der Waals surface area (Å²) in [6, 6.07) is 18.3. The SMILES string of the molecule is Clc1ccccc1-c1nc2c([nH]1)CN(c1cc3oc1c1ccccc31)CC2. The third-order valence-corrected chi connectivity index (χ3v) is 5.78. The van der Waals surface area contributed by atoms with E-state index >= 15 is 0 Å². The topological polar surface area (TPSA) is 45.1 Å². The number of nitrogens with zero attached hydrogens (tertiary/aromatic N) is 2. The number of rotatable bonds is 2. The number of furan rings is 2. The monoisotopic (exact) mass is 373 g/mol. The van der Waals surface area contributed by atoms with E-state index < -0.39 is 0 Å². The van der Waals surface area contributed by atoms with Crippen LogP contribution in [-0.2, 0) is 13.0 Å². The van der Waals surface area contributed by atoms with Crippen LogP contribution >= 0.6 is 11.6 Å². The number of imidazole rings is 1. The fourth-order valence-electron chi connectivity index (χ4n) is 4.12. The molecule has 0 fully saturated rings. The fraction of sp³-hybridized carbons (Fsp3) is 0.136. The standard InChI is InChI=1S/C22H16ClN3O/c23-16-8-4-3-7-15(16)22-24-17-9-10-26(12-18(17)25-22)19-11-20-13-5-1-2-6-14(13)21(19)27-20/h1-8,11H,9-10,12H2,(H,24,25). The van der Waals surface area contributed by atoms with Gasteiger partial charge in [0.1, 0.15) is 11.4 Å². The molecule has 2 bridgehead atoms. The molecule has 0 saturated carbocycles. The Hall–Kier alpha value is -2.98. The third-order valence-electron chi connectivity index (χ3n) is 5.45. The second-order valence-corrected chi connectivity index (χ2v) is 7.44. The predicted octanol–water partition coefficient (Wildman–Crippen LogP) is 5.63. The van der Waals surface area contributed by atoms with Crippen LogP contribution in [0.15, 0.2) is 59.0 Å². The molecule has 0 radical (unpaired) electrons. The maximum atomic E-state index is 6.34. The number of nitrogens with one attached hydrogen (secondary N) is 1. The van der Waals surface area contributed by atoms with Crippen LogP contribution in [0.2, 0.25) is 5.02 Å². The first-order valence-electron chi connectivity index (χ1n) is 9.09. The van der Waals surface area contributed by atoms with E-state index in [2.05, 4.69) is 40.2 Å². The van der Waals surface area contributed by atoms with Gasteiger partial charge in [0.05, 0.1) is 28.6 Å². The number of halogens is 1. The molecule has 2 aromatic carbocycles. The highest BCUT2D eigenvalue weighted by Crippen LogP contribution is 2.41. The lowest BCUT2D eigenvalue weighted by molar-refractivity contribution is 0.670. The smallest absolute Gasteiger partial charge is 0.158 e. The number of hydrogen-bond donors (Lipinski definition) is 1. The van der Waals surface area contributed by atoms with Gasteiger partial charge >= 0.3 is 0 Å². The summed E-state index contributed by atoms with van der Waals surface area (Å²) in [6.07, 6.45) is 0.901. The number of benzene rings is 3. The lowest BCUT2D eigenvalue weighted by atomic mass is 10.1. The molecule has 4 heterocycles. The lowest BCUT2D eigenvalue weighted by Crippen LogP contribution is -2.30. The average molecular weight is 374 g/mol. The van der Waals surface area contributed by atoms with Crippen LogP contribution in [0.25, 0.3) is 33.3 Å². The second-order valence-electron chi connectivity index (χ2n) is 7.03. The molecule has 1 aliphatic heterocycles. The van der Waals surface area contributed by atoms with Crippen molar-refractivity contribution in [3.63, 3.8) is 0 Å². The van der Waals surface area contributed by atoms with Gasteiger partial charge in [0.25, 0.3) is 0 Å². The lowest BCUT2D eigenvalue weighted by Gasteiger charge is -2.27. The molecule has 3 aromatic heterocycles. The van der Waals surface area contributed by atoms with Crippen LogP contribution in [0.1, 0.15) is 11.4 Å². The van der Waals surface area contributed by atoms with Gasteiger partial charge in [-0.05, 0) is 12.1 Å². The average Bonchev–Trinajstić information content (AvgIpc) is 3.41. The van der Waals surface area contributed by atoms with Crippen molar-refractivity contribution in [2.45, 2.75) is 13.0 Å². The number of anilines is 1. The molecule has 0 spiro atoms. The molecule has 0 amide bonds. The van der Waals surface area contributed by atoms with Crippen LogP contribution in [0.3, 0.4) is 0 Å². The second kappa shape index (κ2) is 5.51. The Morgan fingerprint density at radius 1 is 1.04 bits per heavy atom. The molecular formula is C22H16ClN3O. The van der Waals surface area contributed by atoms with Gasteiger partial charge in [-0.25, -0.2) is 4.98 Å². The molecule has 132 valence electrons. The summed E-state index contributed by atoms with van der Waals surface area (Å²) in [5.41, 5.74) is 6.34. The molecule has 27 heavy (non-hydrogen) atoms. The van der Waals surface area contributed by atoms with E-state index in [1.807, 2.05) is 24.3 Å². The summed E-state index contributed by atoms with van der Waals surface area (Å²) in [7, 11) is 0. The van der Waals surface area contributed by atoms with Crippen LogP contribution < -0.4 is 4.90 Å². The van der Waals surface area contributed by atoms with E-state index in [1.165, 1.54) is 16.5 Å². The van der Waals surface area contributed by atoms with Gasteiger partial charge in [0.2, 0.25) is 0 Å². The minimum absolute atomic E-state index is 0.716. The number of H-pyrrole nitrogens is 1. The zero-order valence-electron chi connectivity index (χ0n) is 14.5. The third kappa shape index (κ3) is 2.20. The Morgan fingerprint density at radius 2 is 1.85 bits per heavy atom. The van der Waals surface area contributed by atoms with Gasteiger partial charge in [-0.1, -0.05) is 48.0 Å². The summed E-state index contributed by atoms with van der Waals surface area (Å²) in [5.74, 6) is 0.845. The molecule has 4 nitrogen and oxygen atoms in total. The molecule has 5 aromatic rings. The Kier molecular flexibility index (Phi) is 3.08. The highest BCUT2D eigenvalue weighted by molar-refractivity contribution is 6.33. The highest BCUT2D eigenvalue weighted by atomic mass is 35.5. The Morgan fingerprint density at radius 3 is 2.74 bits per heavy atom. The van der Waals surface area contributed by atoms with Crippen molar-refractivity contribution in [1.29, 1.82) is 0 Å². The number of fused-ring (bicyclic) bond motifs is 6. The summed E-state index contributed by atoms with van der Waals surface area (Å²) in [6.45, 7) is 1.72. The molecule has 5 heteroatoms. The van der Waals surface area contributed by atoms with Crippen molar-refractivity contribution in [3.05, 3.63) is 71.0 Å². The van der Waals surface area contributed by atoms with Crippen LogP contribution in [-0.4, -0.2) is 16.5 Å². The van der Waals surface area contributed by atoms with Crippen molar-refractivity contribution in [2.24, 2.45) is 0 Å². The van der Waals surface area contributed by atoms with Crippen molar-refractivity contribution >= 4 is 39.2 Å². The van der Waals surface area contributed by atoms with Crippen LogP contribution in [0.4, 0.5) is 5.69 Å². The van der Waals surface area contributed by atoms with Gasteiger partial charge < -0.3 is 14.3 Å². The van der Waals surface area contributed by atoms with Crippen LogP contribution in [0, 0.1) is 0 Å². The van der Waals surface area contributed by atoms with E-state index in [9.17, 15) is 0 Å². The van der Waals surface area contributed by atoms with Crippen molar-refractivity contribution < 1.29 is 4.42 Å². The Balaban J connectivity index is 1.38. The summed E-state index contributed by atoms with van der Waals surface area (Å²) < 4.78 is 6.04. The van der Waals surface area contributed by atoms with Gasteiger partial charge in [-0.2, -0.15) is 0 Å². The molecule has 0 saturated heterocycles. The first kappa shape index (κ1) is 15.1. The molecule has 1 aliphatic rings. The molecule has 1 N–H and O–H groups in total. The zero-order valence-corrected chi connectivity index (χ0v) is 15.3. The maximum absolute atomic E-state index is 6.34. The molecule has 0 atom stereocenters. The van der Waals surface area contributed by atoms with E-state index in [4.69, 9.17) is 21.0 Å². The molecule has 6 rings (SSSR count). The Labute approximate surface area is 160 Å². The molecule has 0 unspecified atom stereocenters. The van der Waals surface area contributed by atoms with Gasteiger partial charge in [0, 0.05) is 35.4 Å². The first-order chi connectivity index (χ1) is 13.3. The quantitative estimate of drug-likeness (QED) is 0.436. The molecule has 0 aliphatic carbocycles. The van der Waals surface area contributed by atoms with Crippen molar-refractivity contribution in [2.75, 3.05) is 11.4 Å². The van der Waals surface area contributed by atoms with E-state index in [0.29, 0.717) is 5.02 Å². The summed E-state index contributed by atoms with van der Waals surface area (Å²) in [4.78, 5) is 10.7. The predicted molar refractivity (Wildman–Crippen MR) is 109 cm³/mol. The van der Waals surface area contributed by atoms with E-state index in [0.717, 1.165) is 53.5 Å². The number of aromatic amines is 1. The molecular weight excluding hydrogens is 358 g/mol. The number of aromatic nitrogens is 2. The maximum Gasteiger partial charge on any atom is 0.158 e. The highest BCUT2D eigenvalue weighted by Gasteiger charge is 2.25. The van der Waals surface area contributed by atoms with E-state index in [1.54, 1.807) is 0 Å². The number of hydrogen-bond acceptors (Lipinski definition) is 3. The van der Waals surface area contributed by atoms with E-state index in [-0.39, 0.29) is 0 Å². The normalized spacial score (nSPS) is 14.3. The van der Waals surface area contributed by atoms with Gasteiger partial charge in [0.15, 0.2) is 5.58 Å². The van der Waals surface area contributed by atoms with Crippen molar-refractivity contribution in [1.82, 2.24) is 9.97 Å². The fourth-order valence-corrected chi connectivity index (χ4v) is 4.34. The zero-order chi connectivity index (χ0) is 18.0. The van der Waals surface area contributed by atoms with Crippen LogP contribution in [0.5, 0.6) is 0 Å². The largest absolute Gasteiger partial charge is 0.454 e. The minimum atomic E-state index is 0.716. The Bertz CT molecular complexity index is 1290. The van der Waals surface area contributed by atoms with Gasteiger partial charge in [-0.15, -0.1) is 0 Å². The summed E-state index contributed by atoms with van der Waals surface area (Å²) in [5, 5.41) is 3.10. The first-order valence-corrected chi connectivity index (χ1v) is 9.47. The van der Waals surface area contributed by atoms with Gasteiger partial charge in [-0.3, -0.25) is 0 Å².